The Morgan fingerprint density at radius 3 is 2.85 bits per heavy atom. The molecule has 0 aromatic carbocycles. The van der Waals surface area contributed by atoms with Crippen molar-refractivity contribution in [3.8, 4) is 0 Å². The summed E-state index contributed by atoms with van der Waals surface area (Å²) in [4.78, 5) is 18.0. The van der Waals surface area contributed by atoms with Gasteiger partial charge in [-0.05, 0) is 46.7 Å². The third-order valence-electron chi connectivity index (χ3n) is 5.11. The Bertz CT molecular complexity index is 1170. The molecular formula is C20H20F4IN7O. The van der Waals surface area contributed by atoms with E-state index in [9.17, 15) is 22.4 Å². The van der Waals surface area contributed by atoms with Crippen LogP contribution in [-0.2, 0) is 11.3 Å². The summed E-state index contributed by atoms with van der Waals surface area (Å²) in [5.41, 5.74) is 3.01. The Balaban J connectivity index is 1.47. The Morgan fingerprint density at radius 1 is 1.33 bits per heavy atom. The number of pyridine rings is 1. The van der Waals surface area contributed by atoms with Gasteiger partial charge >= 0.3 is 6.18 Å². The molecule has 0 saturated heterocycles. The maximum Gasteiger partial charge on any atom is 0.389 e. The second kappa shape index (κ2) is 9.65. The number of nitrogens with zero attached hydrogens (tertiary/aromatic N) is 6. The van der Waals surface area contributed by atoms with E-state index < -0.39 is 29.1 Å². The summed E-state index contributed by atoms with van der Waals surface area (Å²) < 4.78 is 52.3. The number of halogens is 5. The molecule has 1 N–H and O–H groups in total. The zero-order valence-electron chi connectivity index (χ0n) is 17.3. The maximum atomic E-state index is 13.1. The molecule has 1 atom stereocenters. The van der Waals surface area contributed by atoms with Crippen LogP contribution in [-0.4, -0.2) is 58.6 Å². The lowest BCUT2D eigenvalue weighted by molar-refractivity contribution is -0.148. The molecule has 0 aliphatic carbocycles. The van der Waals surface area contributed by atoms with Gasteiger partial charge in [-0.25, -0.2) is 8.91 Å². The third kappa shape index (κ3) is 6.00. The van der Waals surface area contributed by atoms with E-state index in [1.54, 1.807) is 45.7 Å². The molecule has 0 radical (unpaired) electrons. The standard InChI is InChI=1S/C20H20F4IN7O/c21-16(25)12-31-11-14(10-26-31)27-19-28-18-15(2-1-7-32(18)29-19)13-4-8-30(9-5-13)17(33)3-6-20(22,23)24/h1-2,4,7,10-11,16H,3,5-6,8-9,12H2,(H,27,29). The van der Waals surface area contributed by atoms with E-state index in [4.69, 9.17) is 0 Å². The highest BCUT2D eigenvalue weighted by Crippen LogP contribution is 2.28. The van der Waals surface area contributed by atoms with Crippen molar-refractivity contribution in [1.29, 1.82) is 0 Å². The third-order valence-corrected chi connectivity index (χ3v) is 5.50. The largest absolute Gasteiger partial charge is 0.389 e. The topological polar surface area (TPSA) is 80.4 Å². The zero-order valence-corrected chi connectivity index (χ0v) is 19.4. The molecule has 4 rings (SSSR count). The lowest BCUT2D eigenvalue weighted by atomic mass is 10.00. The number of anilines is 2. The van der Waals surface area contributed by atoms with Crippen molar-refractivity contribution in [2.45, 2.75) is 36.2 Å². The van der Waals surface area contributed by atoms with Crippen molar-refractivity contribution in [2.75, 3.05) is 18.4 Å². The second-order valence-electron chi connectivity index (χ2n) is 7.53. The van der Waals surface area contributed by atoms with Gasteiger partial charge in [0.25, 0.3) is 0 Å². The van der Waals surface area contributed by atoms with Crippen molar-refractivity contribution in [3.63, 3.8) is 0 Å². The van der Waals surface area contributed by atoms with Crippen LogP contribution >= 0.6 is 22.6 Å². The minimum absolute atomic E-state index is 0.134. The van der Waals surface area contributed by atoms with Crippen LogP contribution in [0.2, 0.25) is 0 Å². The highest BCUT2D eigenvalue weighted by molar-refractivity contribution is 14.1. The molecule has 4 heterocycles. The van der Waals surface area contributed by atoms with Crippen molar-refractivity contribution in [3.05, 3.63) is 42.4 Å². The summed E-state index contributed by atoms with van der Waals surface area (Å²) in [6, 6.07) is 3.71. The van der Waals surface area contributed by atoms with Crippen LogP contribution in [0, 0.1) is 0 Å². The fourth-order valence-electron chi connectivity index (χ4n) is 3.56. The molecule has 176 valence electrons. The molecule has 0 bridgehead atoms. The fraction of sp³-hybridized carbons (Fsp3) is 0.400. The van der Waals surface area contributed by atoms with Crippen LogP contribution in [0.3, 0.4) is 0 Å². The van der Waals surface area contributed by atoms with Crippen LogP contribution in [0.15, 0.2) is 36.8 Å². The normalized spacial score (nSPS) is 15.5. The molecule has 33 heavy (non-hydrogen) atoms. The first-order chi connectivity index (χ1) is 15.7. The summed E-state index contributed by atoms with van der Waals surface area (Å²) in [5, 5.41) is 11.5. The fourth-order valence-corrected chi connectivity index (χ4v) is 3.96. The maximum absolute atomic E-state index is 13.1. The highest BCUT2D eigenvalue weighted by Gasteiger charge is 2.29. The second-order valence-corrected chi connectivity index (χ2v) is 8.88. The number of amides is 1. The van der Waals surface area contributed by atoms with Gasteiger partial charge in [0.15, 0.2) is 9.83 Å². The molecule has 0 saturated carbocycles. The van der Waals surface area contributed by atoms with E-state index in [0.29, 0.717) is 30.2 Å². The first-order valence-corrected chi connectivity index (χ1v) is 11.4. The van der Waals surface area contributed by atoms with E-state index in [2.05, 4.69) is 20.5 Å². The molecular weight excluding hydrogens is 557 g/mol. The number of nitrogens with one attached hydrogen (secondary N) is 1. The summed E-state index contributed by atoms with van der Waals surface area (Å²) in [5.74, 6) is -0.161. The molecule has 1 aliphatic heterocycles. The molecule has 1 aliphatic rings. The first-order valence-electron chi connectivity index (χ1n) is 10.1. The molecule has 8 nitrogen and oxygen atoms in total. The van der Waals surface area contributed by atoms with Gasteiger partial charge in [0.05, 0.1) is 24.8 Å². The monoisotopic (exact) mass is 577 g/mol. The molecule has 3 aromatic heterocycles. The minimum Gasteiger partial charge on any atom is -0.339 e. The number of carbonyl (C=O) groups excluding carboxylic acids is 1. The predicted molar refractivity (Wildman–Crippen MR) is 122 cm³/mol. The minimum atomic E-state index is -4.34. The molecule has 1 unspecified atom stereocenters. The summed E-state index contributed by atoms with van der Waals surface area (Å²) in [6.45, 7) is 0.723. The lowest BCUT2D eigenvalue weighted by Crippen LogP contribution is -2.35. The number of hydrogen-bond acceptors (Lipinski definition) is 5. The van der Waals surface area contributed by atoms with Gasteiger partial charge in [-0.1, -0.05) is 6.08 Å². The SMILES string of the molecule is O=C(CCC(F)(F)F)N1CC=C(c2cccn3nc(Nc4cnn(CC(F)I)c4)nc23)CC1. The summed E-state index contributed by atoms with van der Waals surface area (Å²) in [6.07, 6.45) is 1.31. The van der Waals surface area contributed by atoms with Gasteiger partial charge in [0.2, 0.25) is 11.9 Å². The van der Waals surface area contributed by atoms with Gasteiger partial charge in [-0.3, -0.25) is 9.48 Å². The van der Waals surface area contributed by atoms with Gasteiger partial charge in [0.1, 0.15) is 0 Å². The van der Waals surface area contributed by atoms with Crippen LogP contribution in [0.4, 0.5) is 29.2 Å². The number of fused-ring (bicyclic) bond motifs is 1. The van der Waals surface area contributed by atoms with Gasteiger partial charge in [-0.2, -0.15) is 23.3 Å². The average molecular weight is 577 g/mol. The van der Waals surface area contributed by atoms with E-state index in [0.717, 1.165) is 11.1 Å². The van der Waals surface area contributed by atoms with Gasteiger partial charge in [-0.15, -0.1) is 5.10 Å². The summed E-state index contributed by atoms with van der Waals surface area (Å²) >= 11 is 1.68. The van der Waals surface area contributed by atoms with Crippen LogP contribution < -0.4 is 5.32 Å². The van der Waals surface area contributed by atoms with Gasteiger partial charge in [0, 0.05) is 37.5 Å². The molecule has 0 fully saturated rings. The van der Waals surface area contributed by atoms with Gasteiger partial charge < -0.3 is 10.2 Å². The zero-order chi connectivity index (χ0) is 23.6. The Kier molecular flexibility index (Phi) is 6.86. The molecule has 13 heteroatoms. The van der Waals surface area contributed by atoms with E-state index >= 15 is 0 Å². The van der Waals surface area contributed by atoms with E-state index in [1.165, 1.54) is 9.58 Å². The molecule has 1 amide bonds. The Morgan fingerprint density at radius 2 is 2.15 bits per heavy atom. The number of alkyl halides is 5. The van der Waals surface area contributed by atoms with Crippen molar-refractivity contribution >= 4 is 51.4 Å². The first kappa shape index (κ1) is 23.4. The van der Waals surface area contributed by atoms with E-state index in [-0.39, 0.29) is 13.1 Å². The highest BCUT2D eigenvalue weighted by atomic mass is 127. The average Bonchev–Trinajstić information content (AvgIpc) is 3.37. The number of rotatable bonds is 7. The Labute approximate surface area is 199 Å². The quantitative estimate of drug-likeness (QED) is 0.257. The number of aromatic nitrogens is 5. The van der Waals surface area contributed by atoms with Crippen LogP contribution in [0.1, 0.15) is 24.8 Å². The Hall–Kier alpha value is -2.71. The number of carbonyl (C=O) groups is 1. The summed E-state index contributed by atoms with van der Waals surface area (Å²) in [7, 11) is 0. The van der Waals surface area contributed by atoms with E-state index in [1.807, 2.05) is 18.2 Å². The smallest absolute Gasteiger partial charge is 0.339 e. The van der Waals surface area contributed by atoms with Crippen molar-refractivity contribution in [1.82, 2.24) is 29.3 Å². The molecule has 3 aromatic rings. The molecule has 0 spiro atoms. The lowest BCUT2D eigenvalue weighted by Gasteiger charge is -2.27. The van der Waals surface area contributed by atoms with Crippen molar-refractivity contribution < 1.29 is 22.4 Å². The van der Waals surface area contributed by atoms with Crippen LogP contribution in [0.25, 0.3) is 11.2 Å². The van der Waals surface area contributed by atoms with Crippen LogP contribution in [0.5, 0.6) is 0 Å². The number of hydrogen-bond donors (Lipinski definition) is 1. The predicted octanol–water partition coefficient (Wildman–Crippen LogP) is 4.36. The van der Waals surface area contributed by atoms with Crippen molar-refractivity contribution in [2.24, 2.45) is 0 Å².